The fraction of sp³-hybridized carbons (Fsp3) is 0.0714. The average molecular weight is 358 g/mol. The van der Waals surface area contributed by atoms with Crippen molar-refractivity contribution in [2.45, 2.75) is 6.36 Å². The van der Waals surface area contributed by atoms with Crippen LogP contribution in [-0.4, -0.2) is 6.36 Å². The Labute approximate surface area is 126 Å². The van der Waals surface area contributed by atoms with E-state index in [0.29, 0.717) is 10.0 Å². The van der Waals surface area contributed by atoms with E-state index in [-0.39, 0.29) is 11.5 Å². The first-order chi connectivity index (χ1) is 9.87. The molecule has 0 atom stereocenters. The predicted molar refractivity (Wildman–Crippen MR) is 72.1 cm³/mol. The third-order valence-corrected chi connectivity index (χ3v) is 2.76. The Bertz CT molecular complexity index is 695. The van der Waals surface area contributed by atoms with Gasteiger partial charge in [0.1, 0.15) is 5.75 Å². The third-order valence-electron chi connectivity index (χ3n) is 2.30. The Balaban J connectivity index is 2.32. The highest BCUT2D eigenvalue weighted by atomic mass is 79.9. The number of nitriles is 1. The average Bonchev–Trinajstić information content (AvgIpc) is 2.38. The van der Waals surface area contributed by atoms with Gasteiger partial charge in [-0.1, -0.05) is 28.1 Å². The van der Waals surface area contributed by atoms with Crippen LogP contribution in [0.4, 0.5) is 13.2 Å². The first kappa shape index (κ1) is 15.2. The van der Waals surface area contributed by atoms with Crippen LogP contribution in [-0.2, 0) is 0 Å². The van der Waals surface area contributed by atoms with Crippen LogP contribution in [0.1, 0.15) is 5.56 Å². The van der Waals surface area contributed by atoms with Gasteiger partial charge in [0.15, 0.2) is 11.5 Å². The van der Waals surface area contributed by atoms with Crippen LogP contribution >= 0.6 is 15.9 Å². The Kier molecular flexibility index (Phi) is 4.38. The minimum Gasteiger partial charge on any atom is -0.453 e. The van der Waals surface area contributed by atoms with Crippen LogP contribution in [0, 0.1) is 11.3 Å². The standard InChI is InChI=1S/C14H7BrF3NO2/c15-10-5-9(8-19)6-11(7-10)20-12-3-1-2-4-13(12)21-14(16,17)18/h1-7H. The van der Waals surface area contributed by atoms with Gasteiger partial charge in [-0.3, -0.25) is 0 Å². The molecule has 2 aromatic carbocycles. The summed E-state index contributed by atoms with van der Waals surface area (Å²) in [5.41, 5.74) is 0.314. The zero-order chi connectivity index (χ0) is 15.5. The van der Waals surface area contributed by atoms with Gasteiger partial charge in [-0.15, -0.1) is 13.2 Å². The molecule has 3 nitrogen and oxygen atoms in total. The van der Waals surface area contributed by atoms with Gasteiger partial charge in [-0.2, -0.15) is 5.26 Å². The fourth-order valence-electron chi connectivity index (χ4n) is 1.56. The molecule has 0 unspecified atom stereocenters. The number of hydrogen-bond donors (Lipinski definition) is 0. The molecule has 7 heteroatoms. The molecule has 0 saturated carbocycles. The number of rotatable bonds is 3. The maximum atomic E-state index is 12.3. The molecular formula is C14H7BrF3NO2. The monoisotopic (exact) mass is 357 g/mol. The minimum absolute atomic E-state index is 0.100. The Morgan fingerprint density at radius 1 is 1.05 bits per heavy atom. The molecule has 0 N–H and O–H groups in total. The second kappa shape index (κ2) is 6.06. The van der Waals surface area contributed by atoms with Crippen LogP contribution in [0.25, 0.3) is 0 Å². The molecule has 2 rings (SSSR count). The Morgan fingerprint density at radius 2 is 1.71 bits per heavy atom. The largest absolute Gasteiger partial charge is 0.573 e. The summed E-state index contributed by atoms with van der Waals surface area (Å²) in [6, 6.07) is 11.8. The van der Waals surface area contributed by atoms with Gasteiger partial charge in [-0.25, -0.2) is 0 Å². The summed E-state index contributed by atoms with van der Waals surface area (Å²) in [7, 11) is 0. The Morgan fingerprint density at radius 3 is 2.33 bits per heavy atom. The maximum absolute atomic E-state index is 12.3. The molecule has 0 bridgehead atoms. The lowest BCUT2D eigenvalue weighted by Crippen LogP contribution is -2.17. The lowest BCUT2D eigenvalue weighted by Gasteiger charge is -2.14. The van der Waals surface area contributed by atoms with Crippen LogP contribution in [0.15, 0.2) is 46.9 Å². The highest BCUT2D eigenvalue weighted by Gasteiger charge is 2.32. The first-order valence-electron chi connectivity index (χ1n) is 5.61. The van der Waals surface area contributed by atoms with Crippen molar-refractivity contribution in [3.8, 4) is 23.3 Å². The summed E-state index contributed by atoms with van der Waals surface area (Å²) in [5, 5.41) is 8.86. The van der Waals surface area contributed by atoms with Gasteiger partial charge in [0.25, 0.3) is 0 Å². The topological polar surface area (TPSA) is 42.2 Å². The van der Waals surface area contributed by atoms with E-state index in [1.165, 1.54) is 30.3 Å². The lowest BCUT2D eigenvalue weighted by atomic mass is 10.2. The van der Waals surface area contributed by atoms with E-state index in [4.69, 9.17) is 10.00 Å². The number of nitrogens with zero attached hydrogens (tertiary/aromatic N) is 1. The van der Waals surface area contributed by atoms with E-state index in [1.54, 1.807) is 6.07 Å². The van der Waals surface area contributed by atoms with E-state index in [2.05, 4.69) is 20.7 Å². The SMILES string of the molecule is N#Cc1cc(Br)cc(Oc2ccccc2OC(F)(F)F)c1. The summed E-state index contributed by atoms with van der Waals surface area (Å²) >= 11 is 3.19. The molecule has 0 radical (unpaired) electrons. The van der Waals surface area contributed by atoms with Gasteiger partial charge >= 0.3 is 6.36 Å². The fourth-order valence-corrected chi connectivity index (χ4v) is 2.03. The maximum Gasteiger partial charge on any atom is 0.573 e. The van der Waals surface area contributed by atoms with Crippen molar-refractivity contribution in [1.29, 1.82) is 5.26 Å². The molecular weight excluding hydrogens is 351 g/mol. The second-order valence-corrected chi connectivity index (χ2v) is 4.80. The zero-order valence-electron chi connectivity index (χ0n) is 10.3. The van der Waals surface area contributed by atoms with Crippen LogP contribution in [0.5, 0.6) is 17.2 Å². The molecule has 0 aliphatic heterocycles. The number of hydrogen-bond acceptors (Lipinski definition) is 3. The van der Waals surface area contributed by atoms with Crippen molar-refractivity contribution >= 4 is 15.9 Å². The van der Waals surface area contributed by atoms with E-state index < -0.39 is 12.1 Å². The molecule has 2 aromatic rings. The molecule has 0 fully saturated rings. The number of ether oxygens (including phenoxy) is 2. The van der Waals surface area contributed by atoms with E-state index >= 15 is 0 Å². The van der Waals surface area contributed by atoms with Gasteiger partial charge in [-0.05, 0) is 30.3 Å². The smallest absolute Gasteiger partial charge is 0.453 e. The van der Waals surface area contributed by atoms with Gasteiger partial charge in [0.05, 0.1) is 11.6 Å². The van der Waals surface area contributed by atoms with Crippen molar-refractivity contribution in [3.63, 3.8) is 0 Å². The van der Waals surface area contributed by atoms with Crippen molar-refractivity contribution in [1.82, 2.24) is 0 Å². The molecule has 0 amide bonds. The predicted octanol–water partition coefficient (Wildman–Crippen LogP) is 5.01. The summed E-state index contributed by atoms with van der Waals surface area (Å²) in [5.74, 6) is -0.334. The van der Waals surface area contributed by atoms with E-state index in [9.17, 15) is 13.2 Å². The molecule has 0 heterocycles. The number of alkyl halides is 3. The van der Waals surface area contributed by atoms with Crippen LogP contribution < -0.4 is 9.47 Å². The highest BCUT2D eigenvalue weighted by Crippen LogP contribution is 2.35. The molecule has 0 saturated heterocycles. The summed E-state index contributed by atoms with van der Waals surface area (Å²) < 4.78 is 46.8. The normalized spacial score (nSPS) is 10.8. The quantitative estimate of drug-likeness (QED) is 0.775. The minimum atomic E-state index is -4.81. The third kappa shape index (κ3) is 4.39. The van der Waals surface area contributed by atoms with Crippen LogP contribution in [0.3, 0.4) is 0 Å². The number of benzene rings is 2. The second-order valence-electron chi connectivity index (χ2n) is 3.88. The van der Waals surface area contributed by atoms with Gasteiger partial charge in [0.2, 0.25) is 0 Å². The molecule has 0 aromatic heterocycles. The molecule has 21 heavy (non-hydrogen) atoms. The van der Waals surface area contributed by atoms with Crippen molar-refractivity contribution in [2.75, 3.05) is 0 Å². The Hall–Kier alpha value is -2.20. The number of halogens is 4. The van der Waals surface area contributed by atoms with Crippen molar-refractivity contribution < 1.29 is 22.6 Å². The molecule has 0 spiro atoms. The van der Waals surface area contributed by atoms with Crippen LogP contribution in [0.2, 0.25) is 0 Å². The van der Waals surface area contributed by atoms with E-state index in [0.717, 1.165) is 6.07 Å². The molecule has 0 aliphatic carbocycles. The molecule has 0 aliphatic rings. The summed E-state index contributed by atoms with van der Waals surface area (Å²) in [6.45, 7) is 0. The van der Waals surface area contributed by atoms with Crippen molar-refractivity contribution in [3.05, 3.63) is 52.5 Å². The first-order valence-corrected chi connectivity index (χ1v) is 6.40. The number of para-hydroxylation sites is 2. The van der Waals surface area contributed by atoms with E-state index in [1.807, 2.05) is 6.07 Å². The zero-order valence-corrected chi connectivity index (χ0v) is 11.9. The van der Waals surface area contributed by atoms with Gasteiger partial charge in [0, 0.05) is 4.47 Å². The summed E-state index contributed by atoms with van der Waals surface area (Å²) in [4.78, 5) is 0. The van der Waals surface area contributed by atoms with Crippen molar-refractivity contribution in [2.24, 2.45) is 0 Å². The van der Waals surface area contributed by atoms with Gasteiger partial charge < -0.3 is 9.47 Å². The lowest BCUT2D eigenvalue weighted by molar-refractivity contribution is -0.275. The molecule has 108 valence electrons. The highest BCUT2D eigenvalue weighted by molar-refractivity contribution is 9.10. The summed E-state index contributed by atoms with van der Waals surface area (Å²) in [6.07, 6.45) is -4.81.